The number of amides is 1. The number of aromatic nitrogens is 1. The first-order valence-corrected chi connectivity index (χ1v) is 10.5. The van der Waals surface area contributed by atoms with Crippen LogP contribution in [0.25, 0.3) is 10.9 Å². The number of aliphatic carboxylic acids is 1. The van der Waals surface area contributed by atoms with Gasteiger partial charge in [-0.05, 0) is 42.7 Å². The lowest BCUT2D eigenvalue weighted by Gasteiger charge is -2.12. The van der Waals surface area contributed by atoms with Gasteiger partial charge in [-0.25, -0.2) is 0 Å². The van der Waals surface area contributed by atoms with Crippen LogP contribution in [0.5, 0.6) is 0 Å². The van der Waals surface area contributed by atoms with Crippen LogP contribution in [0.4, 0.5) is 0 Å². The van der Waals surface area contributed by atoms with E-state index in [-0.39, 0.29) is 18.2 Å². The van der Waals surface area contributed by atoms with Crippen molar-refractivity contribution >= 4 is 28.6 Å². The van der Waals surface area contributed by atoms with E-state index < -0.39 is 5.97 Å². The van der Waals surface area contributed by atoms with Crippen LogP contribution >= 0.6 is 0 Å². The van der Waals surface area contributed by atoms with Crippen molar-refractivity contribution in [3.05, 3.63) is 71.4 Å². The largest absolute Gasteiger partial charge is 0.481 e. The first-order valence-electron chi connectivity index (χ1n) is 10.5. The SMILES string of the molecule is N=C(N)c1ccc2c(c1)cc(C(=O)NCCCCCCC(=O)O)n2Cc1ccccc1. The molecule has 2 aromatic carbocycles. The van der Waals surface area contributed by atoms with Gasteiger partial charge < -0.3 is 20.7 Å². The van der Waals surface area contributed by atoms with Crippen LogP contribution < -0.4 is 11.1 Å². The Kier molecular flexibility index (Phi) is 7.43. The number of carboxylic acids is 1. The predicted octanol–water partition coefficient (Wildman–Crippen LogP) is 3.74. The third-order valence-electron chi connectivity index (χ3n) is 5.23. The van der Waals surface area contributed by atoms with Crippen molar-refractivity contribution in [2.75, 3.05) is 6.54 Å². The Morgan fingerprint density at radius 1 is 1.00 bits per heavy atom. The lowest BCUT2D eigenvalue weighted by atomic mass is 10.1. The van der Waals surface area contributed by atoms with Gasteiger partial charge in [0.05, 0.1) is 0 Å². The van der Waals surface area contributed by atoms with E-state index in [1.165, 1.54) is 0 Å². The Hall–Kier alpha value is -3.61. The molecular formula is C24H28N4O3. The second-order valence-electron chi connectivity index (χ2n) is 7.60. The fraction of sp³-hybridized carbons (Fsp3) is 0.292. The van der Waals surface area contributed by atoms with Crippen molar-refractivity contribution in [1.82, 2.24) is 9.88 Å². The summed E-state index contributed by atoms with van der Waals surface area (Å²) in [4.78, 5) is 23.5. The lowest BCUT2D eigenvalue weighted by molar-refractivity contribution is -0.137. The number of carbonyl (C=O) groups is 2. The van der Waals surface area contributed by atoms with Crippen molar-refractivity contribution in [3.63, 3.8) is 0 Å². The average molecular weight is 421 g/mol. The molecule has 0 radical (unpaired) electrons. The molecule has 7 heteroatoms. The number of nitrogens with zero attached hydrogens (tertiary/aromatic N) is 1. The molecule has 1 aromatic heterocycles. The van der Waals surface area contributed by atoms with Gasteiger partial charge in [0.25, 0.3) is 5.91 Å². The summed E-state index contributed by atoms with van der Waals surface area (Å²) in [5.41, 5.74) is 8.81. The molecule has 0 aliphatic carbocycles. The van der Waals surface area contributed by atoms with Gasteiger partial charge in [-0.2, -0.15) is 0 Å². The number of nitrogens with two attached hydrogens (primary N) is 1. The molecule has 0 spiro atoms. The molecule has 7 nitrogen and oxygen atoms in total. The van der Waals surface area contributed by atoms with E-state index in [9.17, 15) is 9.59 Å². The van der Waals surface area contributed by atoms with Gasteiger partial charge in [0.15, 0.2) is 0 Å². The molecule has 0 bridgehead atoms. The van der Waals surface area contributed by atoms with Crippen LogP contribution in [0.15, 0.2) is 54.6 Å². The van der Waals surface area contributed by atoms with Gasteiger partial charge in [0, 0.05) is 36.0 Å². The summed E-state index contributed by atoms with van der Waals surface area (Å²) >= 11 is 0. The molecule has 0 atom stereocenters. The van der Waals surface area contributed by atoms with E-state index in [0.29, 0.717) is 30.8 Å². The molecule has 0 unspecified atom stereocenters. The lowest BCUT2D eigenvalue weighted by Crippen LogP contribution is -2.27. The zero-order valence-corrected chi connectivity index (χ0v) is 17.4. The van der Waals surface area contributed by atoms with Crippen LogP contribution in [-0.4, -0.2) is 33.9 Å². The smallest absolute Gasteiger partial charge is 0.303 e. The van der Waals surface area contributed by atoms with Crippen LogP contribution in [0.3, 0.4) is 0 Å². The summed E-state index contributed by atoms with van der Waals surface area (Å²) in [6.07, 6.45) is 3.37. The highest BCUT2D eigenvalue weighted by atomic mass is 16.4. The molecule has 0 saturated carbocycles. The first kappa shape index (κ1) is 22.1. The highest BCUT2D eigenvalue weighted by Gasteiger charge is 2.16. The van der Waals surface area contributed by atoms with E-state index in [1.807, 2.05) is 53.1 Å². The van der Waals surface area contributed by atoms with Gasteiger partial charge in [0.2, 0.25) is 0 Å². The van der Waals surface area contributed by atoms with Crippen molar-refractivity contribution in [2.24, 2.45) is 5.73 Å². The van der Waals surface area contributed by atoms with E-state index in [4.69, 9.17) is 16.2 Å². The van der Waals surface area contributed by atoms with Crippen LogP contribution in [-0.2, 0) is 11.3 Å². The van der Waals surface area contributed by atoms with Crippen molar-refractivity contribution in [1.29, 1.82) is 5.41 Å². The Morgan fingerprint density at radius 3 is 2.45 bits per heavy atom. The van der Waals surface area contributed by atoms with Gasteiger partial charge in [-0.1, -0.05) is 43.2 Å². The molecule has 5 N–H and O–H groups in total. The fourth-order valence-electron chi connectivity index (χ4n) is 3.61. The zero-order valence-electron chi connectivity index (χ0n) is 17.4. The number of nitrogen functional groups attached to an aromatic ring is 1. The number of hydrogen-bond acceptors (Lipinski definition) is 3. The summed E-state index contributed by atoms with van der Waals surface area (Å²) in [7, 11) is 0. The number of hydrogen-bond donors (Lipinski definition) is 4. The van der Waals surface area contributed by atoms with Gasteiger partial charge in [0.1, 0.15) is 11.5 Å². The number of amidine groups is 1. The third kappa shape index (κ3) is 5.94. The number of benzene rings is 2. The highest BCUT2D eigenvalue weighted by Crippen LogP contribution is 2.23. The van der Waals surface area contributed by atoms with E-state index in [0.717, 1.165) is 35.7 Å². The van der Waals surface area contributed by atoms with Crippen molar-refractivity contribution < 1.29 is 14.7 Å². The highest BCUT2D eigenvalue weighted by molar-refractivity contribution is 6.02. The summed E-state index contributed by atoms with van der Waals surface area (Å²) in [5.74, 6) is -0.930. The molecule has 0 aliphatic heterocycles. The predicted molar refractivity (Wildman–Crippen MR) is 122 cm³/mol. The van der Waals surface area contributed by atoms with E-state index in [1.54, 1.807) is 6.07 Å². The monoisotopic (exact) mass is 420 g/mol. The van der Waals surface area contributed by atoms with E-state index >= 15 is 0 Å². The van der Waals surface area contributed by atoms with Crippen molar-refractivity contribution in [2.45, 2.75) is 38.6 Å². The van der Waals surface area contributed by atoms with Gasteiger partial charge >= 0.3 is 5.97 Å². The van der Waals surface area contributed by atoms with Gasteiger partial charge in [-0.15, -0.1) is 0 Å². The molecular weight excluding hydrogens is 392 g/mol. The number of rotatable bonds is 11. The Bertz CT molecular complexity index is 1070. The fourth-order valence-corrected chi connectivity index (χ4v) is 3.61. The third-order valence-corrected chi connectivity index (χ3v) is 5.23. The van der Waals surface area contributed by atoms with E-state index in [2.05, 4.69) is 5.32 Å². The normalized spacial score (nSPS) is 10.8. The summed E-state index contributed by atoms with van der Waals surface area (Å²) < 4.78 is 1.98. The number of nitrogens with one attached hydrogen (secondary N) is 2. The molecule has 0 aliphatic rings. The molecule has 3 rings (SSSR count). The molecule has 0 saturated heterocycles. The molecule has 1 amide bonds. The second kappa shape index (κ2) is 10.4. The minimum atomic E-state index is -0.771. The molecule has 31 heavy (non-hydrogen) atoms. The second-order valence-corrected chi connectivity index (χ2v) is 7.60. The van der Waals surface area contributed by atoms with Gasteiger partial charge in [-0.3, -0.25) is 15.0 Å². The maximum atomic E-state index is 12.9. The standard InChI is InChI=1S/C24H28N4O3/c25-23(26)18-11-12-20-19(14-18)15-21(28(20)16-17-8-4-3-5-9-17)24(31)27-13-7-2-1-6-10-22(29)30/h3-5,8-9,11-12,14-15H,1-2,6-7,10,13,16H2,(H3,25,26)(H,27,31)(H,29,30). The Morgan fingerprint density at radius 2 is 1.74 bits per heavy atom. The minimum Gasteiger partial charge on any atom is -0.481 e. The Labute approximate surface area is 181 Å². The number of unbranched alkanes of at least 4 members (excludes halogenated alkanes) is 3. The summed E-state index contributed by atoms with van der Waals surface area (Å²) in [6, 6.07) is 17.3. The maximum Gasteiger partial charge on any atom is 0.303 e. The summed E-state index contributed by atoms with van der Waals surface area (Å²) in [5, 5.41) is 20.2. The van der Waals surface area contributed by atoms with Crippen LogP contribution in [0, 0.1) is 5.41 Å². The topological polar surface area (TPSA) is 121 Å². The quantitative estimate of drug-likeness (QED) is 0.214. The molecule has 162 valence electrons. The zero-order chi connectivity index (χ0) is 22.2. The molecule has 3 aromatic rings. The number of carbonyl (C=O) groups excluding carboxylic acids is 1. The minimum absolute atomic E-state index is 0.00777. The van der Waals surface area contributed by atoms with Crippen molar-refractivity contribution in [3.8, 4) is 0 Å². The van der Waals surface area contributed by atoms with Crippen LogP contribution in [0.1, 0.15) is 53.7 Å². The molecule has 1 heterocycles. The number of carboxylic acid groups (broad SMARTS) is 1. The average Bonchev–Trinajstić information content (AvgIpc) is 3.11. The first-order chi connectivity index (χ1) is 15.0. The Balaban J connectivity index is 1.74. The maximum absolute atomic E-state index is 12.9. The van der Waals surface area contributed by atoms with Crippen LogP contribution in [0.2, 0.25) is 0 Å². The molecule has 0 fully saturated rings. The summed E-state index contributed by atoms with van der Waals surface area (Å²) in [6.45, 7) is 1.10. The number of fused-ring (bicyclic) bond motifs is 1.